The van der Waals surface area contributed by atoms with Crippen molar-refractivity contribution in [2.75, 3.05) is 7.11 Å². The van der Waals surface area contributed by atoms with E-state index in [9.17, 15) is 13.9 Å². The van der Waals surface area contributed by atoms with Crippen LogP contribution >= 0.6 is 0 Å². The summed E-state index contributed by atoms with van der Waals surface area (Å²) < 4.78 is 32.7. The van der Waals surface area contributed by atoms with E-state index in [1.165, 1.54) is 26.2 Å². The maximum Gasteiger partial charge on any atom is 0.165 e. The molecule has 4 heteroatoms. The van der Waals surface area contributed by atoms with Gasteiger partial charge < -0.3 is 9.84 Å². The monoisotopic (exact) mass is 278 g/mol. The molecular formula is C16H16F2O2. The van der Waals surface area contributed by atoms with Crippen molar-refractivity contribution in [1.29, 1.82) is 0 Å². The zero-order valence-corrected chi connectivity index (χ0v) is 11.6. The molecule has 106 valence electrons. The van der Waals surface area contributed by atoms with Crippen LogP contribution in [-0.2, 0) is 0 Å². The molecule has 0 amide bonds. The van der Waals surface area contributed by atoms with E-state index in [1.54, 1.807) is 18.2 Å². The Morgan fingerprint density at radius 1 is 1.00 bits per heavy atom. The highest BCUT2D eigenvalue weighted by Gasteiger charge is 2.21. The molecule has 1 atom stereocenters. The number of aryl methyl sites for hydroxylation is 2. The molecule has 0 saturated heterocycles. The van der Waals surface area contributed by atoms with E-state index in [0.717, 1.165) is 5.56 Å². The first kappa shape index (κ1) is 14.5. The first-order valence-corrected chi connectivity index (χ1v) is 6.22. The van der Waals surface area contributed by atoms with Crippen LogP contribution in [0.2, 0.25) is 0 Å². The maximum atomic E-state index is 13.9. The Morgan fingerprint density at radius 3 is 2.30 bits per heavy atom. The van der Waals surface area contributed by atoms with Gasteiger partial charge in [0, 0.05) is 11.1 Å². The van der Waals surface area contributed by atoms with E-state index >= 15 is 0 Å². The molecule has 1 N–H and O–H groups in total. The van der Waals surface area contributed by atoms with Crippen molar-refractivity contribution in [3.63, 3.8) is 0 Å². The summed E-state index contributed by atoms with van der Waals surface area (Å²) >= 11 is 0. The molecule has 20 heavy (non-hydrogen) atoms. The number of benzene rings is 2. The Balaban J connectivity index is 2.52. The molecule has 2 rings (SSSR count). The summed E-state index contributed by atoms with van der Waals surface area (Å²) in [5, 5.41) is 10.3. The third kappa shape index (κ3) is 2.51. The molecule has 0 radical (unpaired) electrons. The number of aliphatic hydroxyl groups is 1. The molecule has 0 aliphatic rings. The molecule has 0 fully saturated rings. The fraction of sp³-hybridized carbons (Fsp3) is 0.250. The van der Waals surface area contributed by atoms with Crippen molar-refractivity contribution < 1.29 is 18.6 Å². The number of aliphatic hydroxyl groups excluding tert-OH is 1. The standard InChI is InChI=1S/C16H16F2O2/c1-9-4-6-11(13(8-9)20-3)16(19)12-7-5-10(2)14(17)15(12)18/h4-8,16,19H,1-3H3. The summed E-state index contributed by atoms with van der Waals surface area (Å²) in [7, 11) is 1.47. The van der Waals surface area contributed by atoms with Gasteiger partial charge in [-0.1, -0.05) is 24.3 Å². The Kier molecular flexibility index (Phi) is 4.04. The maximum absolute atomic E-state index is 13.9. The predicted molar refractivity (Wildman–Crippen MR) is 72.9 cm³/mol. The number of hydrogen-bond acceptors (Lipinski definition) is 2. The highest BCUT2D eigenvalue weighted by Crippen LogP contribution is 2.33. The van der Waals surface area contributed by atoms with E-state index < -0.39 is 17.7 Å². The van der Waals surface area contributed by atoms with E-state index in [-0.39, 0.29) is 11.1 Å². The minimum absolute atomic E-state index is 0.102. The average molecular weight is 278 g/mol. The highest BCUT2D eigenvalue weighted by molar-refractivity contribution is 5.43. The normalized spacial score (nSPS) is 12.3. The van der Waals surface area contributed by atoms with Gasteiger partial charge in [0.25, 0.3) is 0 Å². The van der Waals surface area contributed by atoms with Crippen LogP contribution in [-0.4, -0.2) is 12.2 Å². The first-order chi connectivity index (χ1) is 9.45. The van der Waals surface area contributed by atoms with Crippen LogP contribution in [0.15, 0.2) is 30.3 Å². The van der Waals surface area contributed by atoms with Gasteiger partial charge in [0.2, 0.25) is 0 Å². The molecule has 2 aromatic carbocycles. The molecule has 0 spiro atoms. The van der Waals surface area contributed by atoms with Gasteiger partial charge in [0.05, 0.1) is 7.11 Å². The molecule has 0 bridgehead atoms. The van der Waals surface area contributed by atoms with Gasteiger partial charge in [-0.05, 0) is 31.0 Å². The van der Waals surface area contributed by atoms with Gasteiger partial charge in [0.1, 0.15) is 11.9 Å². The topological polar surface area (TPSA) is 29.5 Å². The number of rotatable bonds is 3. The Hall–Kier alpha value is -1.94. The van der Waals surface area contributed by atoms with Crippen LogP contribution in [0.25, 0.3) is 0 Å². The molecular weight excluding hydrogens is 262 g/mol. The number of ether oxygens (including phenoxy) is 1. The van der Waals surface area contributed by atoms with Crippen LogP contribution < -0.4 is 4.74 Å². The van der Waals surface area contributed by atoms with Crippen molar-refractivity contribution in [2.24, 2.45) is 0 Å². The third-order valence-corrected chi connectivity index (χ3v) is 3.28. The molecule has 2 nitrogen and oxygen atoms in total. The molecule has 0 aromatic heterocycles. The van der Waals surface area contributed by atoms with Crippen molar-refractivity contribution >= 4 is 0 Å². The molecule has 0 heterocycles. The van der Waals surface area contributed by atoms with Crippen LogP contribution in [0.1, 0.15) is 28.4 Å². The summed E-state index contributed by atoms with van der Waals surface area (Å²) in [6.07, 6.45) is -1.28. The number of hydrogen-bond donors (Lipinski definition) is 1. The quantitative estimate of drug-likeness (QED) is 0.928. The fourth-order valence-corrected chi connectivity index (χ4v) is 2.08. The predicted octanol–water partition coefficient (Wildman–Crippen LogP) is 3.67. The summed E-state index contributed by atoms with van der Waals surface area (Å²) in [6, 6.07) is 8.00. The van der Waals surface area contributed by atoms with E-state index in [1.807, 2.05) is 6.92 Å². The van der Waals surface area contributed by atoms with E-state index in [0.29, 0.717) is 11.3 Å². The summed E-state index contributed by atoms with van der Waals surface area (Å²) in [5.41, 5.74) is 1.46. The zero-order chi connectivity index (χ0) is 14.9. The Morgan fingerprint density at radius 2 is 1.65 bits per heavy atom. The summed E-state index contributed by atoms with van der Waals surface area (Å²) in [5.74, 6) is -1.52. The lowest BCUT2D eigenvalue weighted by molar-refractivity contribution is 0.208. The van der Waals surface area contributed by atoms with Crippen LogP contribution in [0.4, 0.5) is 8.78 Å². The molecule has 2 aromatic rings. The van der Waals surface area contributed by atoms with Crippen molar-refractivity contribution in [1.82, 2.24) is 0 Å². The lowest BCUT2D eigenvalue weighted by Gasteiger charge is -2.17. The van der Waals surface area contributed by atoms with E-state index in [4.69, 9.17) is 4.74 Å². The Bertz CT molecular complexity index is 639. The average Bonchev–Trinajstić information content (AvgIpc) is 2.44. The second-order valence-corrected chi connectivity index (χ2v) is 4.75. The second-order valence-electron chi connectivity index (χ2n) is 4.75. The number of halogens is 2. The van der Waals surface area contributed by atoms with Crippen molar-refractivity contribution in [3.8, 4) is 5.75 Å². The summed E-state index contributed by atoms with van der Waals surface area (Å²) in [4.78, 5) is 0. The summed E-state index contributed by atoms with van der Waals surface area (Å²) in [6.45, 7) is 3.35. The zero-order valence-electron chi connectivity index (χ0n) is 11.6. The minimum Gasteiger partial charge on any atom is -0.496 e. The van der Waals surface area contributed by atoms with E-state index in [2.05, 4.69) is 0 Å². The van der Waals surface area contributed by atoms with Gasteiger partial charge >= 0.3 is 0 Å². The highest BCUT2D eigenvalue weighted by atomic mass is 19.2. The SMILES string of the molecule is COc1cc(C)ccc1C(O)c1ccc(C)c(F)c1F. The Labute approximate surface area is 116 Å². The fourth-order valence-electron chi connectivity index (χ4n) is 2.08. The van der Waals surface area contributed by atoms with Crippen LogP contribution in [0, 0.1) is 25.5 Å². The molecule has 1 unspecified atom stereocenters. The largest absolute Gasteiger partial charge is 0.496 e. The first-order valence-electron chi connectivity index (χ1n) is 6.22. The molecule has 0 aliphatic heterocycles. The lowest BCUT2D eigenvalue weighted by Crippen LogP contribution is -2.07. The van der Waals surface area contributed by atoms with Crippen LogP contribution in [0.5, 0.6) is 5.75 Å². The molecule has 0 saturated carbocycles. The van der Waals surface area contributed by atoms with Crippen molar-refractivity contribution in [3.05, 3.63) is 64.2 Å². The van der Waals surface area contributed by atoms with Gasteiger partial charge in [0.15, 0.2) is 11.6 Å². The third-order valence-electron chi connectivity index (χ3n) is 3.28. The molecule has 0 aliphatic carbocycles. The van der Waals surface area contributed by atoms with Crippen LogP contribution in [0.3, 0.4) is 0 Å². The minimum atomic E-state index is -1.28. The van der Waals surface area contributed by atoms with Gasteiger partial charge in [-0.2, -0.15) is 0 Å². The second kappa shape index (κ2) is 5.59. The van der Waals surface area contributed by atoms with Gasteiger partial charge in [-0.15, -0.1) is 0 Å². The number of methoxy groups -OCH3 is 1. The van der Waals surface area contributed by atoms with Gasteiger partial charge in [-0.3, -0.25) is 0 Å². The van der Waals surface area contributed by atoms with Crippen molar-refractivity contribution in [2.45, 2.75) is 20.0 Å². The van der Waals surface area contributed by atoms with Gasteiger partial charge in [-0.25, -0.2) is 8.78 Å². The smallest absolute Gasteiger partial charge is 0.165 e. The lowest BCUT2D eigenvalue weighted by atomic mass is 9.98.